The third-order valence-electron chi connectivity index (χ3n) is 2.95. The van der Waals surface area contributed by atoms with Crippen molar-refractivity contribution >= 4 is 27.5 Å². The van der Waals surface area contributed by atoms with Crippen LogP contribution >= 0.6 is 11.3 Å². The van der Waals surface area contributed by atoms with Gasteiger partial charge in [-0.3, -0.25) is 0 Å². The lowest BCUT2D eigenvalue weighted by Crippen LogP contribution is -2.05. The van der Waals surface area contributed by atoms with Gasteiger partial charge in [-0.15, -0.1) is 11.3 Å². The van der Waals surface area contributed by atoms with Crippen molar-refractivity contribution in [2.75, 3.05) is 11.9 Å². The molecule has 0 bridgehead atoms. The molecule has 0 amide bonds. The summed E-state index contributed by atoms with van der Waals surface area (Å²) in [4.78, 5) is 9.60. The number of benzene rings is 1. The summed E-state index contributed by atoms with van der Waals surface area (Å²) in [5.74, 6) is 0.719. The standard InChI is InChI=1S/C15H14FN3OS/c1-2-17-15-18-13(11-7-8-21-14(11)19-15)20-9-10-5-3-4-6-12(10)16/h3-8H,2,9H2,1H3,(H,17,18,19). The average Bonchev–Trinajstić information content (AvgIpc) is 2.95. The number of fused-ring (bicyclic) bond motifs is 1. The van der Waals surface area contributed by atoms with E-state index in [0.29, 0.717) is 17.4 Å². The Morgan fingerprint density at radius 2 is 2.10 bits per heavy atom. The van der Waals surface area contributed by atoms with Crippen molar-refractivity contribution in [3.63, 3.8) is 0 Å². The molecule has 0 radical (unpaired) electrons. The topological polar surface area (TPSA) is 47.0 Å². The first-order valence-electron chi connectivity index (χ1n) is 6.63. The Kier molecular flexibility index (Phi) is 3.96. The smallest absolute Gasteiger partial charge is 0.227 e. The third kappa shape index (κ3) is 2.95. The molecule has 1 aromatic carbocycles. The zero-order valence-electron chi connectivity index (χ0n) is 11.5. The van der Waals surface area contributed by atoms with Crippen molar-refractivity contribution in [1.29, 1.82) is 0 Å². The molecule has 0 saturated heterocycles. The molecule has 0 atom stereocenters. The molecule has 0 fully saturated rings. The molecule has 108 valence electrons. The summed E-state index contributed by atoms with van der Waals surface area (Å²) in [6.07, 6.45) is 0. The van der Waals surface area contributed by atoms with Crippen molar-refractivity contribution in [3.05, 3.63) is 47.1 Å². The van der Waals surface area contributed by atoms with E-state index in [1.807, 2.05) is 18.4 Å². The first-order chi connectivity index (χ1) is 10.3. The van der Waals surface area contributed by atoms with E-state index in [-0.39, 0.29) is 12.4 Å². The number of hydrogen-bond acceptors (Lipinski definition) is 5. The SMILES string of the molecule is CCNc1nc(OCc2ccccc2F)c2ccsc2n1. The second-order valence-corrected chi connectivity index (χ2v) is 5.30. The Morgan fingerprint density at radius 1 is 1.24 bits per heavy atom. The predicted molar refractivity (Wildman–Crippen MR) is 82.3 cm³/mol. The highest BCUT2D eigenvalue weighted by Crippen LogP contribution is 2.28. The monoisotopic (exact) mass is 303 g/mol. The molecule has 0 aliphatic carbocycles. The number of rotatable bonds is 5. The van der Waals surface area contributed by atoms with E-state index >= 15 is 0 Å². The van der Waals surface area contributed by atoms with Crippen LogP contribution in [0, 0.1) is 5.82 Å². The Bertz CT molecular complexity index is 760. The molecule has 3 rings (SSSR count). The molecule has 0 aliphatic heterocycles. The van der Waals surface area contributed by atoms with Crippen molar-refractivity contribution in [3.8, 4) is 5.88 Å². The van der Waals surface area contributed by atoms with E-state index in [0.717, 1.165) is 16.8 Å². The van der Waals surface area contributed by atoms with Crippen molar-refractivity contribution in [2.24, 2.45) is 0 Å². The second-order valence-electron chi connectivity index (χ2n) is 4.40. The van der Waals surface area contributed by atoms with E-state index in [1.165, 1.54) is 17.4 Å². The van der Waals surface area contributed by atoms with Gasteiger partial charge in [0, 0.05) is 12.1 Å². The number of thiophene rings is 1. The van der Waals surface area contributed by atoms with Gasteiger partial charge in [-0.25, -0.2) is 9.37 Å². The highest BCUT2D eigenvalue weighted by molar-refractivity contribution is 7.16. The van der Waals surface area contributed by atoms with Gasteiger partial charge in [0.05, 0.1) is 5.39 Å². The van der Waals surface area contributed by atoms with Crippen LogP contribution in [0.4, 0.5) is 10.3 Å². The van der Waals surface area contributed by atoms with Crippen LogP contribution in [-0.2, 0) is 6.61 Å². The number of ether oxygens (including phenoxy) is 1. The van der Waals surface area contributed by atoms with Crippen LogP contribution in [0.2, 0.25) is 0 Å². The lowest BCUT2D eigenvalue weighted by atomic mass is 10.2. The first-order valence-corrected chi connectivity index (χ1v) is 7.51. The molecule has 0 saturated carbocycles. The quantitative estimate of drug-likeness (QED) is 0.778. The van der Waals surface area contributed by atoms with E-state index < -0.39 is 0 Å². The van der Waals surface area contributed by atoms with Gasteiger partial charge < -0.3 is 10.1 Å². The van der Waals surface area contributed by atoms with E-state index in [2.05, 4.69) is 15.3 Å². The fraction of sp³-hybridized carbons (Fsp3) is 0.200. The molecule has 0 unspecified atom stereocenters. The maximum atomic E-state index is 13.6. The Morgan fingerprint density at radius 3 is 2.90 bits per heavy atom. The van der Waals surface area contributed by atoms with Gasteiger partial charge in [-0.1, -0.05) is 18.2 Å². The van der Waals surface area contributed by atoms with Gasteiger partial charge in [-0.05, 0) is 24.4 Å². The van der Waals surface area contributed by atoms with Crippen molar-refractivity contribution in [2.45, 2.75) is 13.5 Å². The summed E-state index contributed by atoms with van der Waals surface area (Å²) in [5.41, 5.74) is 0.504. The summed E-state index contributed by atoms with van der Waals surface area (Å²) in [6, 6.07) is 8.47. The first kappa shape index (κ1) is 13.8. The zero-order chi connectivity index (χ0) is 14.7. The zero-order valence-corrected chi connectivity index (χ0v) is 12.3. The van der Waals surface area contributed by atoms with Crippen LogP contribution in [0.25, 0.3) is 10.2 Å². The number of hydrogen-bond donors (Lipinski definition) is 1. The van der Waals surface area contributed by atoms with Crippen LogP contribution in [0.5, 0.6) is 5.88 Å². The largest absolute Gasteiger partial charge is 0.472 e. The average molecular weight is 303 g/mol. The van der Waals surface area contributed by atoms with E-state index in [9.17, 15) is 4.39 Å². The van der Waals surface area contributed by atoms with Gasteiger partial charge in [0.2, 0.25) is 11.8 Å². The maximum absolute atomic E-state index is 13.6. The van der Waals surface area contributed by atoms with E-state index in [4.69, 9.17) is 4.74 Å². The van der Waals surface area contributed by atoms with Crippen LogP contribution < -0.4 is 10.1 Å². The molecule has 1 N–H and O–H groups in total. The molecule has 6 heteroatoms. The number of anilines is 1. The molecular weight excluding hydrogens is 289 g/mol. The molecule has 0 aliphatic rings. The molecule has 2 aromatic heterocycles. The molecule has 2 heterocycles. The summed E-state index contributed by atoms with van der Waals surface area (Å²) in [5, 5.41) is 5.85. The highest BCUT2D eigenvalue weighted by atomic mass is 32.1. The minimum Gasteiger partial charge on any atom is -0.472 e. The second kappa shape index (κ2) is 6.05. The number of aromatic nitrogens is 2. The minimum absolute atomic E-state index is 0.139. The summed E-state index contributed by atoms with van der Waals surface area (Å²) >= 11 is 1.52. The maximum Gasteiger partial charge on any atom is 0.227 e. The lowest BCUT2D eigenvalue weighted by Gasteiger charge is -2.09. The molecular formula is C15H14FN3OS. The Balaban J connectivity index is 1.89. The van der Waals surface area contributed by atoms with Gasteiger partial charge in [0.25, 0.3) is 0 Å². The van der Waals surface area contributed by atoms with Gasteiger partial charge in [0.15, 0.2) is 0 Å². The van der Waals surface area contributed by atoms with Crippen LogP contribution in [-0.4, -0.2) is 16.5 Å². The fourth-order valence-corrected chi connectivity index (χ4v) is 2.69. The van der Waals surface area contributed by atoms with Gasteiger partial charge in [0.1, 0.15) is 17.3 Å². The van der Waals surface area contributed by atoms with E-state index in [1.54, 1.807) is 18.2 Å². The van der Waals surface area contributed by atoms with Crippen LogP contribution in [0.3, 0.4) is 0 Å². The van der Waals surface area contributed by atoms with Crippen LogP contribution in [0.1, 0.15) is 12.5 Å². The minimum atomic E-state index is -0.278. The molecule has 3 aromatic rings. The summed E-state index contributed by atoms with van der Waals surface area (Å²) < 4.78 is 19.3. The lowest BCUT2D eigenvalue weighted by molar-refractivity contribution is 0.292. The summed E-state index contributed by atoms with van der Waals surface area (Å²) in [6.45, 7) is 2.84. The predicted octanol–water partition coefficient (Wildman–Crippen LogP) is 3.84. The van der Waals surface area contributed by atoms with Gasteiger partial charge in [-0.2, -0.15) is 4.98 Å². The van der Waals surface area contributed by atoms with Crippen LogP contribution in [0.15, 0.2) is 35.7 Å². The third-order valence-corrected chi connectivity index (χ3v) is 3.75. The fourth-order valence-electron chi connectivity index (χ4n) is 1.94. The van der Waals surface area contributed by atoms with Gasteiger partial charge >= 0.3 is 0 Å². The Labute approximate surface area is 125 Å². The summed E-state index contributed by atoms with van der Waals surface area (Å²) in [7, 11) is 0. The molecule has 21 heavy (non-hydrogen) atoms. The Hall–Kier alpha value is -2.21. The normalized spacial score (nSPS) is 10.8. The molecule has 4 nitrogen and oxygen atoms in total. The number of halogens is 1. The van der Waals surface area contributed by atoms with Crippen molar-refractivity contribution < 1.29 is 9.13 Å². The molecule has 0 spiro atoms. The van der Waals surface area contributed by atoms with Crippen molar-refractivity contribution in [1.82, 2.24) is 9.97 Å². The highest BCUT2D eigenvalue weighted by Gasteiger charge is 2.11. The number of nitrogens with one attached hydrogen (secondary N) is 1. The number of nitrogens with zero attached hydrogens (tertiary/aromatic N) is 2.